The number of benzene rings is 1. The van der Waals surface area contributed by atoms with Gasteiger partial charge in [0.1, 0.15) is 30.2 Å². The molecule has 1 aliphatic heterocycles. The Kier molecular flexibility index (Phi) is 12.3. The van der Waals surface area contributed by atoms with Gasteiger partial charge in [0, 0.05) is 13.0 Å². The minimum atomic E-state index is -1.84. The van der Waals surface area contributed by atoms with Gasteiger partial charge < -0.3 is 28.5 Å². The smallest absolute Gasteiger partial charge is 0.326 e. The number of rotatable bonds is 12. The highest BCUT2D eigenvalue weighted by Gasteiger charge is 2.45. The summed E-state index contributed by atoms with van der Waals surface area (Å²) >= 11 is 0. The van der Waals surface area contributed by atoms with Crippen LogP contribution in [0.4, 0.5) is 4.79 Å². The highest BCUT2D eigenvalue weighted by atomic mass is 31.2. The predicted molar refractivity (Wildman–Crippen MR) is 150 cm³/mol. The largest absolute Gasteiger partial charge is 0.461 e. The molecule has 222 valence electrons. The van der Waals surface area contributed by atoms with E-state index in [2.05, 4.69) is 17.0 Å². The van der Waals surface area contributed by atoms with Crippen LogP contribution in [0.3, 0.4) is 0 Å². The molecule has 1 saturated heterocycles. The van der Waals surface area contributed by atoms with Gasteiger partial charge in [0.2, 0.25) is 0 Å². The maximum Gasteiger partial charge on any atom is 0.326 e. The molecule has 12 heteroatoms. The first kappa shape index (κ1) is 32.0. The molecular formula is C28H42N3O8P. The lowest BCUT2D eigenvalue weighted by atomic mass is 9.86. The van der Waals surface area contributed by atoms with Crippen molar-refractivity contribution in [1.82, 2.24) is 15.3 Å². The highest BCUT2D eigenvalue weighted by Crippen LogP contribution is 2.38. The quantitative estimate of drug-likeness (QED) is 0.192. The summed E-state index contributed by atoms with van der Waals surface area (Å²) in [5, 5.41) is 16.1. The van der Waals surface area contributed by atoms with Gasteiger partial charge in [-0.05, 0) is 50.8 Å². The summed E-state index contributed by atoms with van der Waals surface area (Å²) in [7, 11) is -0.375. The molecule has 0 radical (unpaired) electrons. The van der Waals surface area contributed by atoms with Gasteiger partial charge in [0.15, 0.2) is 0 Å². The molecule has 1 aromatic carbocycles. The monoisotopic (exact) mass is 579 g/mol. The Hall–Kier alpha value is -2.56. The summed E-state index contributed by atoms with van der Waals surface area (Å²) in [6.45, 7) is 8.63. The molecule has 7 atom stereocenters. The molecule has 2 fully saturated rings. The highest BCUT2D eigenvalue weighted by molar-refractivity contribution is 7.45. The van der Waals surface area contributed by atoms with Crippen LogP contribution in [0.25, 0.3) is 0 Å². The number of aliphatic hydroxyl groups excluding tert-OH is 1. The molecule has 1 aromatic rings. The Bertz CT molecular complexity index is 993. The second kappa shape index (κ2) is 15.4. The molecule has 40 heavy (non-hydrogen) atoms. The fraction of sp³-hybridized carbons (Fsp3) is 0.607. The number of amides is 3. The first-order chi connectivity index (χ1) is 19.1. The average Bonchev–Trinajstić information content (AvgIpc) is 3.24. The summed E-state index contributed by atoms with van der Waals surface area (Å²) in [6.07, 6.45) is 3.95. The number of hydrogen-bond acceptors (Lipinski definition) is 9. The summed E-state index contributed by atoms with van der Waals surface area (Å²) in [5.74, 6) is -0.585. The van der Waals surface area contributed by atoms with Crippen molar-refractivity contribution in [2.45, 2.75) is 83.5 Å². The van der Waals surface area contributed by atoms with Crippen LogP contribution in [-0.4, -0.2) is 72.2 Å². The molecule has 4 unspecified atom stereocenters. The van der Waals surface area contributed by atoms with Gasteiger partial charge in [0.05, 0.1) is 12.7 Å². The van der Waals surface area contributed by atoms with Gasteiger partial charge >= 0.3 is 20.5 Å². The van der Waals surface area contributed by atoms with Crippen LogP contribution >= 0.6 is 8.53 Å². The third kappa shape index (κ3) is 8.97. The van der Waals surface area contributed by atoms with E-state index >= 15 is 0 Å². The maximum atomic E-state index is 12.9. The van der Waals surface area contributed by atoms with E-state index in [9.17, 15) is 19.5 Å². The third-order valence-electron chi connectivity index (χ3n) is 7.36. The standard InChI is InChI=1S/C28H42N3O8P/c1-6-24(32)29-28(35)31(5)26-18(2)25(33)23(38-26)17-36-40(39-22-15-11-8-12-16-22)30-19(3)27(34)37-20(4)21-13-9-7-10-14-21/h6,8,11-12,15-16,18-21,23,25-26,30,33H,1,7,9-10,13-14,17H2,2-5H3,(H,29,32,35)/t18-,19?,20?,23-,25+,26?,40?/m1/s1. The number of nitrogens with one attached hydrogen (secondary N) is 2. The van der Waals surface area contributed by atoms with Crippen molar-refractivity contribution >= 4 is 26.4 Å². The van der Waals surface area contributed by atoms with E-state index in [1.807, 2.05) is 25.1 Å². The number of urea groups is 1. The summed E-state index contributed by atoms with van der Waals surface area (Å²) < 4.78 is 23.7. The van der Waals surface area contributed by atoms with Crippen LogP contribution in [0.2, 0.25) is 0 Å². The number of hydrogen-bond donors (Lipinski definition) is 3. The zero-order chi connectivity index (χ0) is 29.2. The molecular weight excluding hydrogens is 537 g/mol. The van der Waals surface area contributed by atoms with Crippen molar-refractivity contribution in [2.75, 3.05) is 13.7 Å². The SMILES string of the molecule is C=CC(=O)NC(=O)N(C)C1O[C@H](COP(NC(C)C(=O)OC(C)C2CCCCC2)Oc2ccccc2)[C@@H](O)[C@H]1C. The predicted octanol–water partition coefficient (Wildman–Crippen LogP) is 3.87. The van der Waals surface area contributed by atoms with Crippen molar-refractivity contribution in [3.63, 3.8) is 0 Å². The Labute approximate surface area is 237 Å². The number of ether oxygens (including phenoxy) is 2. The molecule has 0 spiro atoms. The molecule has 1 heterocycles. The Balaban J connectivity index is 1.60. The van der Waals surface area contributed by atoms with E-state index in [-0.39, 0.29) is 12.7 Å². The first-order valence-corrected chi connectivity index (χ1v) is 14.9. The minimum Gasteiger partial charge on any atom is -0.461 e. The van der Waals surface area contributed by atoms with Gasteiger partial charge in [-0.1, -0.05) is 51.0 Å². The fourth-order valence-electron chi connectivity index (χ4n) is 4.84. The number of carbonyl (C=O) groups is 3. The van der Waals surface area contributed by atoms with E-state index in [1.165, 1.54) is 18.4 Å². The zero-order valence-corrected chi connectivity index (χ0v) is 24.5. The van der Waals surface area contributed by atoms with E-state index < -0.39 is 56.8 Å². The van der Waals surface area contributed by atoms with E-state index in [4.69, 9.17) is 18.5 Å². The van der Waals surface area contributed by atoms with Crippen molar-refractivity contribution in [2.24, 2.45) is 11.8 Å². The zero-order valence-electron chi connectivity index (χ0n) is 23.7. The minimum absolute atomic E-state index is 0.0746. The average molecular weight is 580 g/mol. The lowest BCUT2D eigenvalue weighted by Gasteiger charge is -2.29. The number of para-hydroxylation sites is 1. The van der Waals surface area contributed by atoms with Crippen molar-refractivity contribution < 1.29 is 38.0 Å². The van der Waals surface area contributed by atoms with Crippen LogP contribution < -0.4 is 14.9 Å². The molecule has 0 aromatic heterocycles. The topological polar surface area (TPSA) is 136 Å². The number of esters is 1. The van der Waals surface area contributed by atoms with Crippen molar-refractivity contribution in [1.29, 1.82) is 0 Å². The Morgan fingerprint density at radius 3 is 2.52 bits per heavy atom. The van der Waals surface area contributed by atoms with Crippen LogP contribution in [0.5, 0.6) is 5.75 Å². The molecule has 2 aliphatic rings. The van der Waals surface area contributed by atoms with Crippen LogP contribution in [0.1, 0.15) is 52.9 Å². The first-order valence-electron chi connectivity index (χ1n) is 13.8. The van der Waals surface area contributed by atoms with Gasteiger partial charge in [-0.25, -0.2) is 9.88 Å². The lowest BCUT2D eigenvalue weighted by molar-refractivity contribution is -0.153. The molecule has 11 nitrogen and oxygen atoms in total. The molecule has 3 rings (SSSR count). The molecule has 3 amide bonds. The molecule has 1 saturated carbocycles. The normalized spacial score (nSPS) is 25.3. The number of imide groups is 1. The van der Waals surface area contributed by atoms with Gasteiger partial charge in [-0.15, -0.1) is 0 Å². The van der Waals surface area contributed by atoms with Crippen molar-refractivity contribution in [3.05, 3.63) is 43.0 Å². The maximum absolute atomic E-state index is 12.9. The Morgan fingerprint density at radius 1 is 1.20 bits per heavy atom. The van der Waals surface area contributed by atoms with Crippen molar-refractivity contribution in [3.8, 4) is 5.75 Å². The molecule has 1 aliphatic carbocycles. The van der Waals surface area contributed by atoms with Gasteiger partial charge in [0.25, 0.3) is 5.91 Å². The van der Waals surface area contributed by atoms with E-state index in [0.717, 1.165) is 31.8 Å². The summed E-state index contributed by atoms with van der Waals surface area (Å²) in [6, 6.07) is 7.65. The van der Waals surface area contributed by atoms with Crippen LogP contribution in [0.15, 0.2) is 43.0 Å². The van der Waals surface area contributed by atoms with E-state index in [1.54, 1.807) is 26.0 Å². The van der Waals surface area contributed by atoms with Gasteiger partial charge in [-0.3, -0.25) is 14.9 Å². The lowest BCUT2D eigenvalue weighted by Crippen LogP contribution is -2.47. The number of carbonyl (C=O) groups excluding carboxylic acids is 3. The number of aliphatic hydroxyl groups is 1. The van der Waals surface area contributed by atoms with Crippen LogP contribution in [-0.2, 0) is 23.6 Å². The second-order valence-electron chi connectivity index (χ2n) is 10.4. The van der Waals surface area contributed by atoms with Crippen LogP contribution in [0, 0.1) is 11.8 Å². The fourth-order valence-corrected chi connectivity index (χ4v) is 6.03. The van der Waals surface area contributed by atoms with E-state index in [0.29, 0.717) is 11.7 Å². The second-order valence-corrected chi connectivity index (χ2v) is 11.6. The summed E-state index contributed by atoms with van der Waals surface area (Å²) in [4.78, 5) is 38.0. The number of nitrogens with zero attached hydrogens (tertiary/aromatic N) is 1. The van der Waals surface area contributed by atoms with Gasteiger partial charge in [-0.2, -0.15) is 0 Å². The molecule has 3 N–H and O–H groups in total. The summed E-state index contributed by atoms with van der Waals surface area (Å²) in [5.41, 5.74) is 0. The Morgan fingerprint density at radius 2 is 1.88 bits per heavy atom. The molecule has 0 bridgehead atoms. The third-order valence-corrected chi connectivity index (χ3v) is 8.72.